The number of benzene rings is 2. The first-order chi connectivity index (χ1) is 13.2. The molecule has 2 rings (SSSR count). The van der Waals surface area contributed by atoms with Crippen molar-refractivity contribution in [3.8, 4) is 0 Å². The summed E-state index contributed by atoms with van der Waals surface area (Å²) in [5, 5.41) is 0. The van der Waals surface area contributed by atoms with Gasteiger partial charge in [0.15, 0.2) is 5.54 Å². The van der Waals surface area contributed by atoms with Crippen LogP contribution >= 0.6 is 11.6 Å². The second-order valence-electron chi connectivity index (χ2n) is 6.23. The van der Waals surface area contributed by atoms with E-state index in [1.807, 2.05) is 66.9 Å². The number of unbranched alkanes of at least 4 members (excludes halogenated alkanes) is 1. The molecule has 0 saturated carbocycles. The van der Waals surface area contributed by atoms with Crippen molar-refractivity contribution in [3.63, 3.8) is 0 Å². The second-order valence-corrected chi connectivity index (χ2v) is 6.50. The third kappa shape index (κ3) is 6.65. The Morgan fingerprint density at radius 2 is 1.59 bits per heavy atom. The maximum absolute atomic E-state index is 12.3. The topological polar surface area (TPSA) is 51.0 Å². The van der Waals surface area contributed by atoms with Gasteiger partial charge < -0.3 is 4.74 Å². The molecule has 0 N–H and O–H groups in total. The summed E-state index contributed by atoms with van der Waals surface area (Å²) < 4.78 is 4.96. The highest BCUT2D eigenvalue weighted by Gasteiger charge is 2.37. The smallest absolute Gasteiger partial charge is 0.334 e. The molecule has 1 atom stereocenters. The van der Waals surface area contributed by atoms with E-state index in [4.69, 9.17) is 16.3 Å². The van der Waals surface area contributed by atoms with Gasteiger partial charge in [0.1, 0.15) is 0 Å². The number of halogens is 1. The van der Waals surface area contributed by atoms with Crippen molar-refractivity contribution in [2.75, 3.05) is 19.5 Å². The van der Waals surface area contributed by atoms with E-state index in [2.05, 4.69) is 9.98 Å². The third-order valence-electron chi connectivity index (χ3n) is 4.21. The minimum atomic E-state index is -1.06. The Hall–Kier alpha value is -2.46. The molecule has 0 aliphatic carbocycles. The van der Waals surface area contributed by atoms with Crippen LogP contribution in [0.15, 0.2) is 70.6 Å². The molecule has 0 heterocycles. The van der Waals surface area contributed by atoms with Gasteiger partial charge in [-0.05, 0) is 30.4 Å². The number of nitrogens with zero attached hydrogens (tertiary/aromatic N) is 2. The molecule has 0 aromatic heterocycles. The van der Waals surface area contributed by atoms with Crippen molar-refractivity contribution >= 4 is 30.0 Å². The van der Waals surface area contributed by atoms with Crippen LogP contribution in [0.1, 0.15) is 30.4 Å². The zero-order chi connectivity index (χ0) is 19.4. The molecular weight excluding hydrogens is 360 g/mol. The minimum Gasteiger partial charge on any atom is -0.467 e. The summed E-state index contributed by atoms with van der Waals surface area (Å²) in [6.07, 6.45) is 5.70. The maximum atomic E-state index is 12.3. The predicted molar refractivity (Wildman–Crippen MR) is 112 cm³/mol. The quantitative estimate of drug-likeness (QED) is 0.261. The largest absolute Gasteiger partial charge is 0.467 e. The van der Waals surface area contributed by atoms with Gasteiger partial charge in [-0.3, -0.25) is 9.98 Å². The summed E-state index contributed by atoms with van der Waals surface area (Å²) in [7, 11) is 1.37. The number of alkyl halides is 1. The Labute approximate surface area is 166 Å². The number of rotatable bonds is 10. The van der Waals surface area contributed by atoms with Gasteiger partial charge in [-0.1, -0.05) is 60.7 Å². The lowest BCUT2D eigenvalue weighted by Crippen LogP contribution is -2.40. The fraction of sp³-hybridized carbons (Fsp3) is 0.318. The van der Waals surface area contributed by atoms with Crippen LogP contribution in [0.5, 0.6) is 0 Å². The molecule has 0 aliphatic heterocycles. The summed E-state index contributed by atoms with van der Waals surface area (Å²) in [4.78, 5) is 21.3. The van der Waals surface area contributed by atoms with Crippen molar-refractivity contribution < 1.29 is 9.53 Å². The number of hydrogen-bond acceptors (Lipinski definition) is 4. The average Bonchev–Trinajstić information content (AvgIpc) is 2.74. The molecular formula is C22H25ClN2O2. The molecule has 0 radical (unpaired) electrons. The summed E-state index contributed by atoms with van der Waals surface area (Å²) in [6.45, 7) is 0.691. The van der Waals surface area contributed by atoms with Gasteiger partial charge in [-0.15, -0.1) is 11.6 Å². The molecule has 0 fully saturated rings. The zero-order valence-electron chi connectivity index (χ0n) is 15.6. The minimum absolute atomic E-state index is 0.0797. The first-order valence-corrected chi connectivity index (χ1v) is 9.53. The van der Waals surface area contributed by atoms with E-state index in [-0.39, 0.29) is 5.88 Å². The monoisotopic (exact) mass is 384 g/mol. The van der Waals surface area contributed by atoms with E-state index in [1.54, 1.807) is 6.21 Å². The fourth-order valence-corrected chi connectivity index (χ4v) is 2.94. The van der Waals surface area contributed by atoms with E-state index in [9.17, 15) is 4.79 Å². The highest BCUT2D eigenvalue weighted by Crippen LogP contribution is 2.23. The van der Waals surface area contributed by atoms with Crippen molar-refractivity contribution in [3.05, 3.63) is 71.8 Å². The Kier molecular flexibility index (Phi) is 8.72. The Balaban J connectivity index is 1.93. The van der Waals surface area contributed by atoms with Crippen LogP contribution < -0.4 is 0 Å². The Morgan fingerprint density at radius 1 is 1.00 bits per heavy atom. The second kappa shape index (κ2) is 11.3. The number of methoxy groups -OCH3 is 1. The molecule has 4 nitrogen and oxygen atoms in total. The molecule has 142 valence electrons. The SMILES string of the molecule is COC(=O)C(CCl)(CCCCN=Cc1ccccc1)N=Cc1ccccc1. The van der Waals surface area contributed by atoms with Gasteiger partial charge in [0, 0.05) is 19.0 Å². The first-order valence-electron chi connectivity index (χ1n) is 9.00. The number of carbonyl (C=O) groups excluding carboxylic acids is 1. The van der Waals surface area contributed by atoms with Crippen LogP contribution in [0.3, 0.4) is 0 Å². The van der Waals surface area contributed by atoms with Crippen molar-refractivity contribution in [2.24, 2.45) is 9.98 Å². The van der Waals surface area contributed by atoms with E-state index in [0.717, 1.165) is 24.0 Å². The van der Waals surface area contributed by atoms with Gasteiger partial charge in [0.2, 0.25) is 0 Å². The lowest BCUT2D eigenvalue weighted by atomic mass is 9.95. The van der Waals surface area contributed by atoms with Gasteiger partial charge in [0.25, 0.3) is 0 Å². The molecule has 27 heavy (non-hydrogen) atoms. The summed E-state index contributed by atoms with van der Waals surface area (Å²) in [6, 6.07) is 19.6. The zero-order valence-corrected chi connectivity index (χ0v) is 16.3. The molecule has 0 aliphatic rings. The number of hydrogen-bond donors (Lipinski definition) is 0. The molecule has 0 spiro atoms. The summed E-state index contributed by atoms with van der Waals surface area (Å²) in [5.74, 6) is -0.325. The highest BCUT2D eigenvalue weighted by atomic mass is 35.5. The number of ether oxygens (including phenoxy) is 1. The van der Waals surface area contributed by atoms with Gasteiger partial charge in [-0.2, -0.15) is 0 Å². The fourth-order valence-electron chi connectivity index (χ4n) is 2.63. The van der Waals surface area contributed by atoms with Crippen LogP contribution in [0.2, 0.25) is 0 Å². The normalized spacial score (nSPS) is 13.7. The van der Waals surface area contributed by atoms with E-state index >= 15 is 0 Å². The van der Waals surface area contributed by atoms with Crippen molar-refractivity contribution in [1.82, 2.24) is 0 Å². The molecule has 0 amide bonds. The van der Waals surface area contributed by atoms with Crippen molar-refractivity contribution in [1.29, 1.82) is 0 Å². The van der Waals surface area contributed by atoms with Gasteiger partial charge >= 0.3 is 5.97 Å². The Bertz CT molecular complexity index is 747. The summed E-state index contributed by atoms with van der Waals surface area (Å²) >= 11 is 6.14. The van der Waals surface area contributed by atoms with Crippen LogP contribution in [0.4, 0.5) is 0 Å². The van der Waals surface area contributed by atoms with Crippen LogP contribution in [-0.4, -0.2) is 43.5 Å². The van der Waals surface area contributed by atoms with E-state index in [1.165, 1.54) is 7.11 Å². The lowest BCUT2D eigenvalue weighted by molar-refractivity contribution is -0.146. The molecule has 2 aromatic carbocycles. The van der Waals surface area contributed by atoms with E-state index < -0.39 is 11.5 Å². The highest BCUT2D eigenvalue weighted by molar-refractivity contribution is 6.20. The molecule has 5 heteroatoms. The lowest BCUT2D eigenvalue weighted by Gasteiger charge is -2.24. The summed E-state index contributed by atoms with van der Waals surface area (Å²) in [5.41, 5.74) is 0.938. The Morgan fingerprint density at radius 3 is 2.15 bits per heavy atom. The molecule has 2 aromatic rings. The molecule has 1 unspecified atom stereocenters. The third-order valence-corrected chi connectivity index (χ3v) is 4.66. The first kappa shape index (κ1) is 20.8. The molecule has 0 saturated heterocycles. The molecule has 0 bridgehead atoms. The standard InChI is InChI=1S/C22H25ClN2O2/c1-27-21(26)22(18-23,25-17-20-12-6-3-7-13-20)14-8-9-15-24-16-19-10-4-2-5-11-19/h2-7,10-13,16-17H,8-9,14-15,18H2,1H3. The van der Waals surface area contributed by atoms with Gasteiger partial charge in [-0.25, -0.2) is 4.79 Å². The van der Waals surface area contributed by atoms with Crippen LogP contribution in [0.25, 0.3) is 0 Å². The number of carbonyl (C=O) groups is 1. The van der Waals surface area contributed by atoms with E-state index in [0.29, 0.717) is 13.0 Å². The van der Waals surface area contributed by atoms with Crippen LogP contribution in [0, 0.1) is 0 Å². The van der Waals surface area contributed by atoms with Gasteiger partial charge in [0.05, 0.1) is 13.0 Å². The maximum Gasteiger partial charge on any atom is 0.334 e. The van der Waals surface area contributed by atoms with Crippen molar-refractivity contribution in [2.45, 2.75) is 24.8 Å². The average molecular weight is 385 g/mol. The van der Waals surface area contributed by atoms with Crippen LogP contribution in [-0.2, 0) is 9.53 Å². The number of esters is 1. The predicted octanol–water partition coefficient (Wildman–Crippen LogP) is 4.55. The number of aliphatic imine (C=N–C) groups is 2.